The third kappa shape index (κ3) is 2.81. The van der Waals surface area contributed by atoms with Crippen LogP contribution in [0.15, 0.2) is 89.7 Å². The Labute approximate surface area is 146 Å². The molecule has 1 heterocycles. The van der Waals surface area contributed by atoms with Crippen LogP contribution in [0.25, 0.3) is 28.1 Å². The molecule has 0 fully saturated rings. The van der Waals surface area contributed by atoms with Crippen molar-refractivity contribution in [1.82, 2.24) is 9.78 Å². The van der Waals surface area contributed by atoms with Crippen molar-refractivity contribution in [1.29, 1.82) is 0 Å². The average Bonchev–Trinajstić information content (AvgIpc) is 3.00. The summed E-state index contributed by atoms with van der Waals surface area (Å²) in [6.45, 7) is 2.05. The topological polar surface area (TPSA) is 37.8 Å². The van der Waals surface area contributed by atoms with Gasteiger partial charge in [-0.2, -0.15) is 0 Å². The Kier molecular flexibility index (Phi) is 3.82. The van der Waals surface area contributed by atoms with E-state index in [9.17, 15) is 4.79 Å². The van der Waals surface area contributed by atoms with E-state index in [0.29, 0.717) is 5.56 Å². The number of nitrogens with one attached hydrogen (secondary N) is 1. The summed E-state index contributed by atoms with van der Waals surface area (Å²) in [4.78, 5) is 13.2. The molecule has 0 saturated carbocycles. The summed E-state index contributed by atoms with van der Waals surface area (Å²) in [5, 5.41) is 3.31. The minimum atomic E-state index is -0.0473. The molecule has 0 atom stereocenters. The van der Waals surface area contributed by atoms with Gasteiger partial charge in [0, 0.05) is 5.56 Å². The zero-order chi connectivity index (χ0) is 17.2. The highest BCUT2D eigenvalue weighted by atomic mass is 16.1. The smallest absolute Gasteiger partial charge is 0.279 e. The lowest BCUT2D eigenvalue weighted by molar-refractivity contribution is 0.853. The number of nitrogens with zero attached hydrogens (tertiary/aromatic N) is 1. The van der Waals surface area contributed by atoms with Gasteiger partial charge in [0.15, 0.2) is 0 Å². The highest BCUT2D eigenvalue weighted by Gasteiger charge is 2.18. The Morgan fingerprint density at radius 1 is 0.760 bits per heavy atom. The van der Waals surface area contributed by atoms with Crippen LogP contribution in [0.4, 0.5) is 0 Å². The van der Waals surface area contributed by atoms with E-state index in [4.69, 9.17) is 0 Å². The van der Waals surface area contributed by atoms with Gasteiger partial charge >= 0.3 is 0 Å². The van der Waals surface area contributed by atoms with Gasteiger partial charge in [-0.1, -0.05) is 72.3 Å². The molecule has 3 aromatic carbocycles. The van der Waals surface area contributed by atoms with Crippen LogP contribution in [0.2, 0.25) is 0 Å². The summed E-state index contributed by atoms with van der Waals surface area (Å²) < 4.78 is 1.61. The second kappa shape index (κ2) is 6.29. The third-order valence-corrected chi connectivity index (χ3v) is 4.27. The standard InChI is InChI=1S/C22H18N2O/c1-16-9-8-12-18(15-16)21-20(17-10-4-2-5-11-17)22(25)24(23-21)19-13-6-3-7-14-19/h2-15,23H,1H3. The molecule has 25 heavy (non-hydrogen) atoms. The van der Waals surface area contributed by atoms with Gasteiger partial charge in [0.2, 0.25) is 0 Å². The fraction of sp³-hybridized carbons (Fsp3) is 0.0455. The summed E-state index contributed by atoms with van der Waals surface area (Å²) in [7, 11) is 0. The predicted molar refractivity (Wildman–Crippen MR) is 102 cm³/mol. The minimum absolute atomic E-state index is 0.0473. The van der Waals surface area contributed by atoms with E-state index in [1.807, 2.05) is 72.8 Å². The molecule has 0 spiro atoms. The van der Waals surface area contributed by atoms with Gasteiger partial charge in [0.1, 0.15) is 0 Å². The van der Waals surface area contributed by atoms with Gasteiger partial charge in [0.05, 0.1) is 16.9 Å². The molecule has 0 amide bonds. The van der Waals surface area contributed by atoms with Gasteiger partial charge < -0.3 is 0 Å². The maximum atomic E-state index is 13.2. The summed E-state index contributed by atoms with van der Waals surface area (Å²) >= 11 is 0. The van der Waals surface area contributed by atoms with Crippen molar-refractivity contribution in [3.05, 3.63) is 101 Å². The largest absolute Gasteiger partial charge is 0.290 e. The SMILES string of the molecule is Cc1cccc(-c2[nH]n(-c3ccccc3)c(=O)c2-c2ccccc2)c1. The number of aryl methyl sites for hydroxylation is 1. The zero-order valence-corrected chi connectivity index (χ0v) is 13.9. The van der Waals surface area contributed by atoms with Crippen molar-refractivity contribution in [3.63, 3.8) is 0 Å². The van der Waals surface area contributed by atoms with Crippen LogP contribution in [-0.2, 0) is 0 Å². The molecular weight excluding hydrogens is 308 g/mol. The van der Waals surface area contributed by atoms with E-state index in [1.54, 1.807) is 4.68 Å². The first kappa shape index (κ1) is 15.2. The first-order valence-electron chi connectivity index (χ1n) is 8.27. The second-order valence-electron chi connectivity index (χ2n) is 6.07. The molecule has 0 aliphatic heterocycles. The number of rotatable bonds is 3. The first-order valence-corrected chi connectivity index (χ1v) is 8.27. The molecule has 4 rings (SSSR count). The van der Waals surface area contributed by atoms with Crippen LogP contribution >= 0.6 is 0 Å². The molecule has 0 radical (unpaired) electrons. The highest BCUT2D eigenvalue weighted by molar-refractivity contribution is 5.80. The second-order valence-corrected chi connectivity index (χ2v) is 6.07. The molecule has 3 heteroatoms. The lowest BCUT2D eigenvalue weighted by Gasteiger charge is -2.04. The molecule has 1 aromatic heterocycles. The number of hydrogen-bond donors (Lipinski definition) is 1. The van der Waals surface area contributed by atoms with E-state index in [-0.39, 0.29) is 5.56 Å². The van der Waals surface area contributed by atoms with E-state index in [0.717, 1.165) is 28.1 Å². The molecule has 4 aromatic rings. The fourth-order valence-corrected chi connectivity index (χ4v) is 3.08. The van der Waals surface area contributed by atoms with Crippen molar-refractivity contribution in [3.8, 4) is 28.1 Å². The van der Waals surface area contributed by atoms with Gasteiger partial charge in [-0.25, -0.2) is 4.68 Å². The Morgan fingerprint density at radius 3 is 2.08 bits per heavy atom. The van der Waals surface area contributed by atoms with Crippen molar-refractivity contribution in [2.75, 3.05) is 0 Å². The normalized spacial score (nSPS) is 10.8. The van der Waals surface area contributed by atoms with Crippen LogP contribution in [0.3, 0.4) is 0 Å². The number of benzene rings is 3. The van der Waals surface area contributed by atoms with Crippen molar-refractivity contribution >= 4 is 0 Å². The third-order valence-electron chi connectivity index (χ3n) is 4.27. The number of hydrogen-bond acceptors (Lipinski definition) is 1. The van der Waals surface area contributed by atoms with Crippen molar-refractivity contribution in [2.45, 2.75) is 6.92 Å². The molecule has 0 aliphatic carbocycles. The van der Waals surface area contributed by atoms with Crippen molar-refractivity contribution in [2.24, 2.45) is 0 Å². The Bertz CT molecular complexity index is 1060. The number of aromatic amines is 1. The zero-order valence-electron chi connectivity index (χ0n) is 13.9. The van der Waals surface area contributed by atoms with Crippen LogP contribution in [0, 0.1) is 6.92 Å². The van der Waals surface area contributed by atoms with Gasteiger partial charge in [-0.05, 0) is 30.7 Å². The van der Waals surface area contributed by atoms with Crippen LogP contribution < -0.4 is 5.56 Å². The molecular formula is C22H18N2O. The van der Waals surface area contributed by atoms with Crippen LogP contribution in [0.1, 0.15) is 5.56 Å². The molecule has 122 valence electrons. The average molecular weight is 326 g/mol. The van der Waals surface area contributed by atoms with Gasteiger partial charge in [-0.15, -0.1) is 0 Å². The monoisotopic (exact) mass is 326 g/mol. The maximum Gasteiger partial charge on any atom is 0.279 e. The lowest BCUT2D eigenvalue weighted by Crippen LogP contribution is -2.15. The molecule has 3 nitrogen and oxygen atoms in total. The molecule has 0 saturated heterocycles. The van der Waals surface area contributed by atoms with E-state index in [2.05, 4.69) is 24.2 Å². The molecule has 0 unspecified atom stereocenters. The van der Waals surface area contributed by atoms with Gasteiger partial charge in [0.25, 0.3) is 5.56 Å². The predicted octanol–water partition coefficient (Wildman–Crippen LogP) is 4.81. The van der Waals surface area contributed by atoms with Crippen LogP contribution in [0.5, 0.6) is 0 Å². The Morgan fingerprint density at radius 2 is 1.40 bits per heavy atom. The Hall–Kier alpha value is -3.33. The molecule has 0 aliphatic rings. The summed E-state index contributed by atoms with van der Waals surface area (Å²) in [5.41, 5.74) is 5.38. The summed E-state index contributed by atoms with van der Waals surface area (Å²) in [6.07, 6.45) is 0. The Balaban J connectivity index is 2.01. The first-order chi connectivity index (χ1) is 12.2. The quantitative estimate of drug-likeness (QED) is 0.576. The molecule has 1 N–H and O–H groups in total. The minimum Gasteiger partial charge on any atom is -0.290 e. The highest BCUT2D eigenvalue weighted by Crippen LogP contribution is 2.29. The molecule has 0 bridgehead atoms. The summed E-state index contributed by atoms with van der Waals surface area (Å²) in [6, 6.07) is 27.6. The van der Waals surface area contributed by atoms with Crippen LogP contribution in [-0.4, -0.2) is 9.78 Å². The number of H-pyrrole nitrogens is 1. The van der Waals surface area contributed by atoms with Crippen molar-refractivity contribution < 1.29 is 0 Å². The van der Waals surface area contributed by atoms with E-state index in [1.165, 1.54) is 0 Å². The van der Waals surface area contributed by atoms with E-state index < -0.39 is 0 Å². The maximum absolute atomic E-state index is 13.2. The lowest BCUT2D eigenvalue weighted by atomic mass is 10.0. The summed E-state index contributed by atoms with van der Waals surface area (Å²) in [5.74, 6) is 0. The number of aromatic nitrogens is 2. The van der Waals surface area contributed by atoms with E-state index >= 15 is 0 Å². The fourth-order valence-electron chi connectivity index (χ4n) is 3.08. The van der Waals surface area contributed by atoms with Gasteiger partial charge in [-0.3, -0.25) is 9.89 Å². The number of para-hydroxylation sites is 1.